The number of benzene rings is 2. The zero-order chi connectivity index (χ0) is 19.6. The molecule has 0 radical (unpaired) electrons. The molecule has 0 atom stereocenters. The molecule has 6 heteroatoms. The fourth-order valence-electron chi connectivity index (χ4n) is 3.52. The van der Waals surface area contributed by atoms with Gasteiger partial charge in [0, 0.05) is 23.7 Å². The molecule has 142 valence electrons. The number of hydrogen-bond donors (Lipinski definition) is 2. The van der Waals surface area contributed by atoms with Crippen molar-refractivity contribution >= 4 is 23.4 Å². The molecular weight excluding hydrogens is 364 g/mol. The van der Waals surface area contributed by atoms with Crippen LogP contribution in [0, 0.1) is 0 Å². The third-order valence-corrected chi connectivity index (χ3v) is 5.51. The van der Waals surface area contributed by atoms with Crippen molar-refractivity contribution in [3.05, 3.63) is 69.7 Å². The number of halogens is 1. The number of nitrogens with one attached hydrogen (secondary N) is 1. The fourth-order valence-corrected chi connectivity index (χ4v) is 3.65. The Morgan fingerprint density at radius 1 is 1.04 bits per heavy atom. The SMILES string of the molecule is CC(C)(C(=O)N1CCc2ccc(C(=O)NO)cc2CC1)c1ccc(Cl)cc1. The maximum atomic E-state index is 13.2. The summed E-state index contributed by atoms with van der Waals surface area (Å²) >= 11 is 5.97. The van der Waals surface area contributed by atoms with E-state index in [9.17, 15) is 9.59 Å². The number of nitrogens with zero attached hydrogens (tertiary/aromatic N) is 1. The number of carbonyl (C=O) groups is 2. The van der Waals surface area contributed by atoms with Crippen molar-refractivity contribution in [3.8, 4) is 0 Å². The maximum Gasteiger partial charge on any atom is 0.274 e. The van der Waals surface area contributed by atoms with Crippen molar-refractivity contribution in [3.63, 3.8) is 0 Å². The molecule has 0 aliphatic carbocycles. The van der Waals surface area contributed by atoms with Gasteiger partial charge in [-0.05, 0) is 67.6 Å². The van der Waals surface area contributed by atoms with Crippen LogP contribution in [0.2, 0.25) is 5.02 Å². The molecule has 1 aliphatic heterocycles. The summed E-state index contributed by atoms with van der Waals surface area (Å²) in [7, 11) is 0. The van der Waals surface area contributed by atoms with Crippen molar-refractivity contribution in [2.75, 3.05) is 13.1 Å². The van der Waals surface area contributed by atoms with Crippen molar-refractivity contribution in [2.24, 2.45) is 0 Å². The van der Waals surface area contributed by atoms with Crippen LogP contribution in [0.15, 0.2) is 42.5 Å². The van der Waals surface area contributed by atoms with E-state index in [1.165, 1.54) is 0 Å². The second kappa shape index (κ2) is 7.71. The minimum atomic E-state index is -0.650. The van der Waals surface area contributed by atoms with E-state index in [2.05, 4.69) is 0 Å². The Morgan fingerprint density at radius 2 is 1.67 bits per heavy atom. The second-order valence-corrected chi connectivity index (χ2v) is 7.78. The van der Waals surface area contributed by atoms with Crippen LogP contribution < -0.4 is 5.48 Å². The molecule has 0 unspecified atom stereocenters. The van der Waals surface area contributed by atoms with E-state index in [0.717, 1.165) is 23.1 Å². The number of amides is 2. The Hall–Kier alpha value is -2.37. The molecule has 3 rings (SSSR count). The summed E-state index contributed by atoms with van der Waals surface area (Å²) in [5, 5.41) is 9.46. The van der Waals surface area contributed by atoms with Gasteiger partial charge in [0.2, 0.25) is 5.91 Å². The fraction of sp³-hybridized carbons (Fsp3) is 0.333. The molecule has 0 fully saturated rings. The first kappa shape index (κ1) is 19.4. The smallest absolute Gasteiger partial charge is 0.274 e. The largest absolute Gasteiger partial charge is 0.341 e. The first-order valence-corrected chi connectivity index (χ1v) is 9.32. The highest BCUT2D eigenvalue weighted by Gasteiger charge is 2.34. The lowest BCUT2D eigenvalue weighted by atomic mass is 9.83. The van der Waals surface area contributed by atoms with E-state index in [4.69, 9.17) is 16.8 Å². The van der Waals surface area contributed by atoms with E-state index in [-0.39, 0.29) is 5.91 Å². The van der Waals surface area contributed by atoms with E-state index in [0.29, 0.717) is 30.1 Å². The van der Waals surface area contributed by atoms with Gasteiger partial charge in [0.1, 0.15) is 0 Å². The minimum absolute atomic E-state index is 0.0750. The molecule has 27 heavy (non-hydrogen) atoms. The molecule has 0 saturated heterocycles. The van der Waals surface area contributed by atoms with Crippen molar-refractivity contribution in [1.82, 2.24) is 10.4 Å². The van der Waals surface area contributed by atoms with E-state index in [1.807, 2.05) is 36.9 Å². The molecule has 0 spiro atoms. The molecule has 0 bridgehead atoms. The molecule has 1 aliphatic rings. The maximum absolute atomic E-state index is 13.2. The van der Waals surface area contributed by atoms with Gasteiger partial charge in [0.25, 0.3) is 5.91 Å². The summed E-state index contributed by atoms with van der Waals surface area (Å²) in [5.74, 6) is -0.454. The van der Waals surface area contributed by atoms with E-state index in [1.54, 1.807) is 29.7 Å². The highest BCUT2D eigenvalue weighted by molar-refractivity contribution is 6.30. The molecule has 0 saturated carbocycles. The van der Waals surface area contributed by atoms with Crippen LogP contribution in [0.25, 0.3) is 0 Å². The lowest BCUT2D eigenvalue weighted by Gasteiger charge is -2.31. The summed E-state index contributed by atoms with van der Waals surface area (Å²) in [5.41, 5.74) is 4.52. The van der Waals surface area contributed by atoms with E-state index < -0.39 is 11.3 Å². The normalized spacial score (nSPS) is 14.3. The number of rotatable bonds is 3. The Labute approximate surface area is 163 Å². The number of fused-ring (bicyclic) bond motifs is 1. The van der Waals surface area contributed by atoms with Crippen LogP contribution in [-0.2, 0) is 23.1 Å². The molecule has 2 N–H and O–H groups in total. The summed E-state index contributed by atoms with van der Waals surface area (Å²) in [6.45, 7) is 5.09. The van der Waals surface area contributed by atoms with Crippen LogP contribution in [0.3, 0.4) is 0 Å². The molecule has 2 amide bonds. The van der Waals surface area contributed by atoms with Gasteiger partial charge in [0.15, 0.2) is 0 Å². The molecule has 1 heterocycles. The van der Waals surface area contributed by atoms with Crippen molar-refractivity contribution in [2.45, 2.75) is 32.1 Å². The summed E-state index contributed by atoms with van der Waals surface area (Å²) in [6.07, 6.45) is 1.41. The predicted octanol–water partition coefficient (Wildman–Crippen LogP) is 3.36. The Balaban J connectivity index is 1.78. The average molecular weight is 387 g/mol. The van der Waals surface area contributed by atoms with Gasteiger partial charge < -0.3 is 4.90 Å². The van der Waals surface area contributed by atoms with Crippen LogP contribution in [-0.4, -0.2) is 35.0 Å². The number of hydrogen-bond acceptors (Lipinski definition) is 3. The van der Waals surface area contributed by atoms with Gasteiger partial charge in [-0.1, -0.05) is 29.8 Å². The molecule has 2 aromatic rings. The Kier molecular flexibility index (Phi) is 5.53. The summed E-state index contributed by atoms with van der Waals surface area (Å²) in [6, 6.07) is 12.8. The Bertz CT molecular complexity index is 862. The average Bonchev–Trinajstić information content (AvgIpc) is 2.89. The van der Waals surface area contributed by atoms with Crippen LogP contribution >= 0.6 is 11.6 Å². The van der Waals surface area contributed by atoms with Crippen LogP contribution in [0.1, 0.15) is 40.9 Å². The summed E-state index contributed by atoms with van der Waals surface area (Å²) < 4.78 is 0. The van der Waals surface area contributed by atoms with Gasteiger partial charge in [-0.15, -0.1) is 0 Å². The van der Waals surface area contributed by atoms with Crippen molar-refractivity contribution < 1.29 is 14.8 Å². The van der Waals surface area contributed by atoms with E-state index >= 15 is 0 Å². The van der Waals surface area contributed by atoms with Crippen LogP contribution in [0.4, 0.5) is 0 Å². The zero-order valence-electron chi connectivity index (χ0n) is 15.5. The summed E-state index contributed by atoms with van der Waals surface area (Å²) in [4.78, 5) is 26.8. The monoisotopic (exact) mass is 386 g/mol. The second-order valence-electron chi connectivity index (χ2n) is 7.35. The topological polar surface area (TPSA) is 69.6 Å². The highest BCUT2D eigenvalue weighted by atomic mass is 35.5. The zero-order valence-corrected chi connectivity index (χ0v) is 16.2. The lowest BCUT2D eigenvalue weighted by molar-refractivity contribution is -0.136. The van der Waals surface area contributed by atoms with Gasteiger partial charge in [0.05, 0.1) is 5.41 Å². The molecular formula is C21H23ClN2O3. The van der Waals surface area contributed by atoms with Gasteiger partial charge >= 0.3 is 0 Å². The third kappa shape index (κ3) is 3.99. The molecule has 0 aromatic heterocycles. The molecule has 5 nitrogen and oxygen atoms in total. The highest BCUT2D eigenvalue weighted by Crippen LogP contribution is 2.28. The Morgan fingerprint density at radius 3 is 2.30 bits per heavy atom. The molecule has 2 aromatic carbocycles. The van der Waals surface area contributed by atoms with Crippen LogP contribution in [0.5, 0.6) is 0 Å². The predicted molar refractivity (Wildman–Crippen MR) is 104 cm³/mol. The van der Waals surface area contributed by atoms with Gasteiger partial charge in [-0.2, -0.15) is 0 Å². The van der Waals surface area contributed by atoms with Gasteiger partial charge in [-0.3, -0.25) is 14.8 Å². The first-order chi connectivity index (χ1) is 12.8. The number of hydroxylamine groups is 1. The lowest BCUT2D eigenvalue weighted by Crippen LogP contribution is -2.44. The third-order valence-electron chi connectivity index (χ3n) is 5.26. The van der Waals surface area contributed by atoms with Crippen molar-refractivity contribution in [1.29, 1.82) is 0 Å². The quantitative estimate of drug-likeness (QED) is 0.627. The first-order valence-electron chi connectivity index (χ1n) is 8.94. The standard InChI is InChI=1S/C21H23ClN2O3/c1-21(2,17-5-7-18(22)8-6-17)20(26)24-11-9-14-3-4-16(19(25)23-27)13-15(14)10-12-24/h3-8,13,27H,9-12H2,1-2H3,(H,23,25). The minimum Gasteiger partial charge on any atom is -0.341 e. The number of carbonyl (C=O) groups excluding carboxylic acids is 2. The van der Waals surface area contributed by atoms with Gasteiger partial charge in [-0.25, -0.2) is 5.48 Å².